The minimum absolute atomic E-state index is 0.249. The van der Waals surface area contributed by atoms with Crippen molar-refractivity contribution in [3.63, 3.8) is 0 Å². The Hall–Kier alpha value is -2.77. The summed E-state index contributed by atoms with van der Waals surface area (Å²) in [6.45, 7) is 7.33. The van der Waals surface area contributed by atoms with Crippen molar-refractivity contribution in [1.82, 2.24) is 15.4 Å². The van der Waals surface area contributed by atoms with Crippen molar-refractivity contribution in [2.24, 2.45) is 0 Å². The predicted molar refractivity (Wildman–Crippen MR) is 107 cm³/mol. The van der Waals surface area contributed by atoms with Gasteiger partial charge in [-0.15, -0.1) is 6.58 Å². The number of halogens is 2. The first-order valence-corrected chi connectivity index (χ1v) is 9.16. The lowest BCUT2D eigenvalue weighted by Gasteiger charge is -2.35. The number of allylic oxidation sites excluding steroid dienone is 1. The predicted octanol–water partition coefficient (Wildman–Crippen LogP) is 4.45. The first kappa shape index (κ1) is 20.0. The van der Waals surface area contributed by atoms with Gasteiger partial charge in [-0.25, -0.2) is 4.79 Å². The van der Waals surface area contributed by atoms with E-state index in [0.29, 0.717) is 32.6 Å². The van der Waals surface area contributed by atoms with Crippen LogP contribution in [0.4, 0.5) is 10.6 Å². The molecule has 7 nitrogen and oxygen atoms in total. The third kappa shape index (κ3) is 3.90. The van der Waals surface area contributed by atoms with E-state index in [2.05, 4.69) is 22.4 Å². The summed E-state index contributed by atoms with van der Waals surface area (Å²) in [5, 5.41) is 10.1. The van der Waals surface area contributed by atoms with Gasteiger partial charge in [0.05, 0.1) is 11.6 Å². The molecule has 0 aliphatic carbocycles. The number of nitrogens with zero attached hydrogens (tertiary/aromatic N) is 2. The SMILES string of the molecule is C=CCN1C(=O)N[C@H](c2ccc(Cl)cc2Cl)C(C(=O)Nc2cc(C)on2)=C1C. The van der Waals surface area contributed by atoms with Crippen molar-refractivity contribution in [2.75, 3.05) is 11.9 Å². The second kappa shape index (κ2) is 8.08. The lowest BCUT2D eigenvalue weighted by atomic mass is 9.94. The monoisotopic (exact) mass is 420 g/mol. The van der Waals surface area contributed by atoms with Gasteiger partial charge >= 0.3 is 6.03 Å². The fraction of sp³-hybridized carbons (Fsp3) is 0.211. The molecule has 0 fully saturated rings. The van der Waals surface area contributed by atoms with E-state index in [1.165, 1.54) is 4.90 Å². The molecule has 0 saturated heterocycles. The molecule has 1 atom stereocenters. The van der Waals surface area contributed by atoms with Crippen LogP contribution in [0, 0.1) is 6.92 Å². The molecule has 0 bridgehead atoms. The standard InChI is InChI=1S/C19H18Cl2N4O3/c1-4-7-25-11(3)16(18(26)22-15-8-10(2)28-24-15)17(23-19(25)27)13-6-5-12(20)9-14(13)21/h4-6,8-9,17H,1,7H2,2-3H3,(H,23,27)(H,22,24,26)/t17-/m1/s1. The van der Waals surface area contributed by atoms with Crippen molar-refractivity contribution < 1.29 is 14.1 Å². The molecule has 1 aromatic heterocycles. The summed E-state index contributed by atoms with van der Waals surface area (Å²) in [6, 6.07) is 5.37. The molecule has 2 heterocycles. The second-order valence-electron chi connectivity index (χ2n) is 6.22. The van der Waals surface area contributed by atoms with Gasteiger partial charge in [-0.05, 0) is 31.5 Å². The molecular formula is C19H18Cl2N4O3. The van der Waals surface area contributed by atoms with Crippen molar-refractivity contribution in [3.05, 3.63) is 69.6 Å². The van der Waals surface area contributed by atoms with Crippen LogP contribution in [-0.2, 0) is 4.79 Å². The molecule has 3 amide bonds. The summed E-state index contributed by atoms with van der Waals surface area (Å²) in [5.41, 5.74) is 1.36. The van der Waals surface area contributed by atoms with E-state index in [-0.39, 0.29) is 18.4 Å². The van der Waals surface area contributed by atoms with Crippen LogP contribution in [0.1, 0.15) is 24.3 Å². The number of aromatic nitrogens is 1. The summed E-state index contributed by atoms with van der Waals surface area (Å²) in [5.74, 6) is 0.398. The van der Waals surface area contributed by atoms with Crippen LogP contribution < -0.4 is 10.6 Å². The zero-order chi connectivity index (χ0) is 20.4. The van der Waals surface area contributed by atoms with E-state index in [1.807, 2.05) is 0 Å². The van der Waals surface area contributed by atoms with Gasteiger partial charge in [-0.2, -0.15) is 0 Å². The number of nitrogens with one attached hydrogen (secondary N) is 2. The minimum atomic E-state index is -0.758. The van der Waals surface area contributed by atoms with Gasteiger partial charge in [0, 0.05) is 28.4 Å². The van der Waals surface area contributed by atoms with Gasteiger partial charge in [0.1, 0.15) is 5.76 Å². The van der Waals surface area contributed by atoms with Crippen molar-refractivity contribution in [1.29, 1.82) is 0 Å². The molecule has 0 unspecified atom stereocenters. The van der Waals surface area contributed by atoms with Crippen LogP contribution in [0.3, 0.4) is 0 Å². The lowest BCUT2D eigenvalue weighted by Crippen LogP contribution is -2.48. The van der Waals surface area contributed by atoms with E-state index < -0.39 is 11.9 Å². The molecular weight excluding hydrogens is 403 g/mol. The highest BCUT2D eigenvalue weighted by molar-refractivity contribution is 6.35. The number of carbonyl (C=O) groups excluding carboxylic acids is 2. The number of amides is 3. The molecule has 28 heavy (non-hydrogen) atoms. The quantitative estimate of drug-likeness (QED) is 0.699. The Morgan fingerprint density at radius 1 is 1.39 bits per heavy atom. The zero-order valence-electron chi connectivity index (χ0n) is 15.3. The third-order valence-corrected chi connectivity index (χ3v) is 4.86. The Morgan fingerprint density at radius 3 is 2.75 bits per heavy atom. The van der Waals surface area contributed by atoms with Gasteiger partial charge in [0.15, 0.2) is 5.82 Å². The van der Waals surface area contributed by atoms with E-state index in [1.54, 1.807) is 44.2 Å². The number of hydrogen-bond acceptors (Lipinski definition) is 4. The normalized spacial score (nSPS) is 16.8. The Bertz CT molecular complexity index is 983. The molecule has 0 radical (unpaired) electrons. The summed E-state index contributed by atoms with van der Waals surface area (Å²) >= 11 is 12.3. The first-order valence-electron chi connectivity index (χ1n) is 8.41. The average Bonchev–Trinajstić information content (AvgIpc) is 3.02. The molecule has 1 aromatic carbocycles. The highest BCUT2D eigenvalue weighted by atomic mass is 35.5. The summed E-state index contributed by atoms with van der Waals surface area (Å²) in [7, 11) is 0. The summed E-state index contributed by atoms with van der Waals surface area (Å²) in [6.07, 6.45) is 1.58. The molecule has 9 heteroatoms. The number of urea groups is 1. The average molecular weight is 421 g/mol. The largest absolute Gasteiger partial charge is 0.360 e. The minimum Gasteiger partial charge on any atom is -0.360 e. The van der Waals surface area contributed by atoms with Crippen LogP contribution in [0.5, 0.6) is 0 Å². The number of carbonyl (C=O) groups is 2. The Labute approximate surface area is 172 Å². The molecule has 0 spiro atoms. The van der Waals surface area contributed by atoms with Crippen molar-refractivity contribution in [3.8, 4) is 0 Å². The highest BCUT2D eigenvalue weighted by Gasteiger charge is 2.36. The van der Waals surface area contributed by atoms with Crippen molar-refractivity contribution in [2.45, 2.75) is 19.9 Å². The summed E-state index contributed by atoms with van der Waals surface area (Å²) < 4.78 is 4.99. The number of rotatable bonds is 5. The van der Waals surface area contributed by atoms with E-state index in [0.717, 1.165) is 0 Å². The van der Waals surface area contributed by atoms with Gasteiger partial charge < -0.3 is 15.2 Å². The van der Waals surface area contributed by atoms with Crippen LogP contribution in [0.15, 0.2) is 52.7 Å². The van der Waals surface area contributed by atoms with Crippen LogP contribution in [0.25, 0.3) is 0 Å². The van der Waals surface area contributed by atoms with E-state index >= 15 is 0 Å². The van der Waals surface area contributed by atoms with Gasteiger partial charge in [0.25, 0.3) is 5.91 Å². The number of benzene rings is 1. The van der Waals surface area contributed by atoms with Crippen LogP contribution in [0.2, 0.25) is 10.0 Å². The van der Waals surface area contributed by atoms with E-state index in [9.17, 15) is 9.59 Å². The molecule has 1 aliphatic heterocycles. The fourth-order valence-electron chi connectivity index (χ4n) is 3.00. The summed E-state index contributed by atoms with van der Waals surface area (Å²) in [4.78, 5) is 27.1. The lowest BCUT2D eigenvalue weighted by molar-refractivity contribution is -0.113. The van der Waals surface area contributed by atoms with Gasteiger partial charge in [-0.3, -0.25) is 9.69 Å². The highest BCUT2D eigenvalue weighted by Crippen LogP contribution is 2.35. The molecule has 3 rings (SSSR count). The van der Waals surface area contributed by atoms with Crippen LogP contribution >= 0.6 is 23.2 Å². The Balaban J connectivity index is 2.07. The smallest absolute Gasteiger partial charge is 0.322 e. The van der Waals surface area contributed by atoms with E-state index in [4.69, 9.17) is 27.7 Å². The van der Waals surface area contributed by atoms with Gasteiger partial charge in [0.2, 0.25) is 0 Å². The maximum Gasteiger partial charge on any atom is 0.322 e. The molecule has 1 aliphatic rings. The molecule has 0 saturated carbocycles. The topological polar surface area (TPSA) is 87.5 Å². The first-order chi connectivity index (χ1) is 13.3. The fourth-order valence-corrected chi connectivity index (χ4v) is 3.52. The second-order valence-corrected chi connectivity index (χ2v) is 7.07. The molecule has 2 aromatic rings. The maximum absolute atomic E-state index is 13.1. The third-order valence-electron chi connectivity index (χ3n) is 4.30. The zero-order valence-corrected chi connectivity index (χ0v) is 16.8. The number of aryl methyl sites for hydroxylation is 1. The number of anilines is 1. The number of hydrogen-bond donors (Lipinski definition) is 2. The molecule has 2 N–H and O–H groups in total. The maximum atomic E-state index is 13.1. The Kier molecular flexibility index (Phi) is 5.76. The van der Waals surface area contributed by atoms with Gasteiger partial charge in [-0.1, -0.05) is 40.5 Å². The molecule has 146 valence electrons. The van der Waals surface area contributed by atoms with Crippen LogP contribution in [-0.4, -0.2) is 28.5 Å². The Morgan fingerprint density at radius 2 is 2.14 bits per heavy atom. The van der Waals surface area contributed by atoms with Crippen molar-refractivity contribution >= 4 is 41.0 Å².